The van der Waals surface area contributed by atoms with E-state index in [2.05, 4.69) is 13.8 Å². The predicted molar refractivity (Wildman–Crippen MR) is 90.1 cm³/mol. The van der Waals surface area contributed by atoms with Crippen molar-refractivity contribution in [3.63, 3.8) is 0 Å². The molecule has 2 heterocycles. The van der Waals surface area contributed by atoms with Crippen molar-refractivity contribution in [2.75, 3.05) is 31.3 Å². The van der Waals surface area contributed by atoms with Crippen LogP contribution in [0.4, 0.5) is 5.69 Å². The molecule has 0 unspecified atom stereocenters. The van der Waals surface area contributed by atoms with Gasteiger partial charge in [-0.3, -0.25) is 9.59 Å². The van der Waals surface area contributed by atoms with Crippen LogP contribution in [-0.2, 0) is 9.59 Å². The summed E-state index contributed by atoms with van der Waals surface area (Å²) in [6.07, 6.45) is 0.266. The van der Waals surface area contributed by atoms with Gasteiger partial charge in [-0.05, 0) is 25.0 Å². The van der Waals surface area contributed by atoms with Crippen LogP contribution in [0.1, 0.15) is 27.2 Å². The Kier molecular flexibility index (Phi) is 4.64. The molecule has 1 saturated heterocycles. The second-order valence-electron chi connectivity index (χ2n) is 6.71. The topological polar surface area (TPSA) is 59.1 Å². The van der Waals surface area contributed by atoms with Crippen LogP contribution in [0, 0.1) is 11.8 Å². The Bertz CT molecular complexity index is 644. The second-order valence-corrected chi connectivity index (χ2v) is 6.71. The minimum Gasteiger partial charge on any atom is -0.454 e. The fraction of sp³-hybridized carbons (Fsp3) is 0.556. The zero-order chi connectivity index (χ0) is 17.3. The van der Waals surface area contributed by atoms with Gasteiger partial charge in [-0.2, -0.15) is 0 Å². The first kappa shape index (κ1) is 16.6. The normalized spacial score (nSPS) is 19.2. The number of ether oxygens (including phenoxy) is 2. The van der Waals surface area contributed by atoms with Crippen LogP contribution in [-0.4, -0.2) is 43.1 Å². The summed E-state index contributed by atoms with van der Waals surface area (Å²) in [6, 6.07) is 5.44. The van der Waals surface area contributed by atoms with Crippen LogP contribution in [0.2, 0.25) is 0 Å². The van der Waals surface area contributed by atoms with E-state index in [1.165, 1.54) is 0 Å². The third-order valence-electron chi connectivity index (χ3n) is 4.42. The number of carbonyl (C=O) groups excluding carboxylic acids is 2. The van der Waals surface area contributed by atoms with Crippen molar-refractivity contribution in [1.29, 1.82) is 0 Å². The van der Waals surface area contributed by atoms with Gasteiger partial charge >= 0.3 is 0 Å². The van der Waals surface area contributed by atoms with Gasteiger partial charge in [0.25, 0.3) is 0 Å². The number of nitrogens with zero attached hydrogens (tertiary/aromatic N) is 2. The molecule has 3 rings (SSSR count). The standard InChI is InChI=1S/C18H24N2O4/c1-4-19(9-12(2)3)18(22)13-7-17(21)20(10-13)14-5-6-15-16(8-14)24-11-23-15/h5-6,8,12-13H,4,7,9-11H2,1-3H3/t13-/m0/s1. The first-order valence-corrected chi connectivity index (χ1v) is 8.48. The van der Waals surface area contributed by atoms with E-state index in [9.17, 15) is 9.59 Å². The van der Waals surface area contributed by atoms with Gasteiger partial charge in [0.15, 0.2) is 11.5 Å². The molecule has 1 atom stereocenters. The molecule has 0 N–H and O–H groups in total. The van der Waals surface area contributed by atoms with Gasteiger partial charge < -0.3 is 19.3 Å². The Morgan fingerprint density at radius 2 is 2.08 bits per heavy atom. The van der Waals surface area contributed by atoms with E-state index in [0.29, 0.717) is 30.5 Å². The van der Waals surface area contributed by atoms with E-state index < -0.39 is 0 Å². The van der Waals surface area contributed by atoms with Gasteiger partial charge in [-0.15, -0.1) is 0 Å². The van der Waals surface area contributed by atoms with E-state index in [1.807, 2.05) is 17.9 Å². The number of carbonyl (C=O) groups is 2. The van der Waals surface area contributed by atoms with Gasteiger partial charge in [0, 0.05) is 37.8 Å². The maximum absolute atomic E-state index is 12.7. The lowest BCUT2D eigenvalue weighted by Crippen LogP contribution is -2.39. The quantitative estimate of drug-likeness (QED) is 0.830. The molecular weight excluding hydrogens is 308 g/mol. The SMILES string of the molecule is CCN(CC(C)C)C(=O)[C@H]1CC(=O)N(c2ccc3c(c2)OCO3)C1. The molecule has 1 fully saturated rings. The molecule has 2 aliphatic heterocycles. The molecule has 6 heteroatoms. The monoisotopic (exact) mass is 332 g/mol. The predicted octanol–water partition coefficient (Wildman–Crippen LogP) is 2.27. The lowest BCUT2D eigenvalue weighted by Gasteiger charge is -2.26. The molecule has 0 saturated carbocycles. The maximum Gasteiger partial charge on any atom is 0.231 e. The fourth-order valence-electron chi connectivity index (χ4n) is 3.25. The summed E-state index contributed by atoms with van der Waals surface area (Å²) in [6.45, 7) is 8.19. The summed E-state index contributed by atoms with van der Waals surface area (Å²) in [5, 5.41) is 0. The summed E-state index contributed by atoms with van der Waals surface area (Å²) >= 11 is 0. The van der Waals surface area contributed by atoms with Crippen molar-refractivity contribution >= 4 is 17.5 Å². The smallest absolute Gasteiger partial charge is 0.231 e. The largest absolute Gasteiger partial charge is 0.454 e. The van der Waals surface area contributed by atoms with Crippen molar-refractivity contribution in [2.24, 2.45) is 11.8 Å². The first-order valence-electron chi connectivity index (χ1n) is 8.48. The summed E-state index contributed by atoms with van der Waals surface area (Å²) in [5.41, 5.74) is 0.756. The van der Waals surface area contributed by atoms with Crippen LogP contribution < -0.4 is 14.4 Å². The Balaban J connectivity index is 1.72. The maximum atomic E-state index is 12.7. The highest BCUT2D eigenvalue weighted by atomic mass is 16.7. The van der Waals surface area contributed by atoms with Gasteiger partial charge in [0.1, 0.15) is 0 Å². The van der Waals surface area contributed by atoms with Crippen LogP contribution in [0.25, 0.3) is 0 Å². The van der Waals surface area contributed by atoms with E-state index >= 15 is 0 Å². The molecule has 24 heavy (non-hydrogen) atoms. The molecule has 130 valence electrons. The highest BCUT2D eigenvalue weighted by molar-refractivity contribution is 6.00. The number of hydrogen-bond acceptors (Lipinski definition) is 4. The third kappa shape index (κ3) is 3.18. The molecule has 2 amide bonds. The number of fused-ring (bicyclic) bond motifs is 1. The molecule has 0 radical (unpaired) electrons. The lowest BCUT2D eigenvalue weighted by molar-refractivity contribution is -0.136. The number of anilines is 1. The van der Waals surface area contributed by atoms with Gasteiger partial charge in [-0.25, -0.2) is 0 Å². The Morgan fingerprint density at radius 3 is 2.79 bits per heavy atom. The molecule has 0 spiro atoms. The number of benzene rings is 1. The third-order valence-corrected chi connectivity index (χ3v) is 4.42. The summed E-state index contributed by atoms with van der Waals surface area (Å²) in [7, 11) is 0. The van der Waals surface area contributed by atoms with E-state index in [0.717, 1.165) is 12.2 Å². The first-order chi connectivity index (χ1) is 11.5. The molecule has 0 aromatic heterocycles. The lowest BCUT2D eigenvalue weighted by atomic mass is 10.1. The summed E-state index contributed by atoms with van der Waals surface area (Å²) in [4.78, 5) is 28.7. The zero-order valence-electron chi connectivity index (χ0n) is 14.4. The van der Waals surface area contributed by atoms with Crippen LogP contribution >= 0.6 is 0 Å². The number of rotatable bonds is 5. The molecule has 1 aromatic rings. The van der Waals surface area contributed by atoms with Crippen molar-refractivity contribution in [3.8, 4) is 11.5 Å². The molecule has 0 aliphatic carbocycles. The van der Waals surface area contributed by atoms with Crippen LogP contribution in [0.15, 0.2) is 18.2 Å². The Morgan fingerprint density at radius 1 is 1.33 bits per heavy atom. The average molecular weight is 332 g/mol. The molecule has 0 bridgehead atoms. The van der Waals surface area contributed by atoms with Crippen molar-refractivity contribution < 1.29 is 19.1 Å². The minimum absolute atomic E-state index is 0.0205. The zero-order valence-corrected chi connectivity index (χ0v) is 14.4. The highest BCUT2D eigenvalue weighted by Crippen LogP contribution is 2.37. The summed E-state index contributed by atoms with van der Waals surface area (Å²) in [5.74, 6) is 1.52. The molecule has 6 nitrogen and oxygen atoms in total. The van der Waals surface area contributed by atoms with E-state index in [-0.39, 0.29) is 30.9 Å². The van der Waals surface area contributed by atoms with E-state index in [1.54, 1.807) is 17.0 Å². The average Bonchev–Trinajstić information content (AvgIpc) is 3.17. The molecular formula is C18H24N2O4. The highest BCUT2D eigenvalue weighted by Gasteiger charge is 2.37. The fourth-order valence-corrected chi connectivity index (χ4v) is 3.25. The van der Waals surface area contributed by atoms with Crippen molar-refractivity contribution in [2.45, 2.75) is 27.2 Å². The van der Waals surface area contributed by atoms with Gasteiger partial charge in [0.05, 0.1) is 5.92 Å². The number of hydrogen-bond donors (Lipinski definition) is 0. The van der Waals surface area contributed by atoms with Crippen LogP contribution in [0.5, 0.6) is 11.5 Å². The molecule has 2 aliphatic rings. The van der Waals surface area contributed by atoms with Crippen molar-refractivity contribution in [1.82, 2.24) is 4.90 Å². The second kappa shape index (κ2) is 6.71. The minimum atomic E-state index is -0.276. The summed E-state index contributed by atoms with van der Waals surface area (Å²) < 4.78 is 10.7. The van der Waals surface area contributed by atoms with Crippen molar-refractivity contribution in [3.05, 3.63) is 18.2 Å². The van der Waals surface area contributed by atoms with Crippen LogP contribution in [0.3, 0.4) is 0 Å². The van der Waals surface area contributed by atoms with Gasteiger partial charge in [0.2, 0.25) is 18.6 Å². The van der Waals surface area contributed by atoms with E-state index in [4.69, 9.17) is 9.47 Å². The Labute approximate surface area is 142 Å². The number of amides is 2. The molecule has 1 aromatic carbocycles. The van der Waals surface area contributed by atoms with Gasteiger partial charge in [-0.1, -0.05) is 13.8 Å². The Hall–Kier alpha value is -2.24.